The predicted octanol–water partition coefficient (Wildman–Crippen LogP) is 4.48. The Morgan fingerprint density at radius 2 is 1.95 bits per heavy atom. The molecule has 0 saturated heterocycles. The summed E-state index contributed by atoms with van der Waals surface area (Å²) >= 11 is 8.77. The summed E-state index contributed by atoms with van der Waals surface area (Å²) in [5.74, 6) is 0. The quantitative estimate of drug-likeness (QED) is 0.747. The van der Waals surface area contributed by atoms with Gasteiger partial charge in [0.15, 0.2) is 0 Å². The fraction of sp³-hybridized carbons (Fsp3) is 0.333. The first-order valence-corrected chi connectivity index (χ1v) is 8.82. The molecule has 1 N–H and O–H groups in total. The summed E-state index contributed by atoms with van der Waals surface area (Å²) in [6.45, 7) is 1.57. The highest BCUT2D eigenvalue weighted by Crippen LogP contribution is 2.32. The minimum Gasteiger partial charge on any atom is -0.387 e. The Bertz CT molecular complexity index is 544. The van der Waals surface area contributed by atoms with Crippen LogP contribution >= 0.6 is 43.2 Å². The van der Waals surface area contributed by atoms with Crippen LogP contribution in [0.4, 0.5) is 0 Å². The van der Waals surface area contributed by atoms with Gasteiger partial charge in [-0.05, 0) is 62.5 Å². The third-order valence-corrected chi connectivity index (χ3v) is 5.62. The van der Waals surface area contributed by atoms with Crippen molar-refractivity contribution in [2.75, 3.05) is 20.1 Å². The van der Waals surface area contributed by atoms with Gasteiger partial charge in [0.25, 0.3) is 0 Å². The van der Waals surface area contributed by atoms with Crippen LogP contribution in [0.1, 0.15) is 17.2 Å². The number of rotatable bonds is 6. The van der Waals surface area contributed by atoms with Crippen molar-refractivity contribution in [3.8, 4) is 0 Å². The van der Waals surface area contributed by atoms with Gasteiger partial charge in [-0.2, -0.15) is 0 Å². The lowest BCUT2D eigenvalue weighted by Gasteiger charge is -2.20. The minimum atomic E-state index is -0.432. The van der Waals surface area contributed by atoms with E-state index in [0.717, 1.165) is 22.3 Å². The van der Waals surface area contributed by atoms with E-state index in [4.69, 9.17) is 0 Å². The molecule has 1 unspecified atom stereocenters. The first-order chi connectivity index (χ1) is 9.56. The molecule has 0 saturated carbocycles. The molecule has 1 aromatic carbocycles. The monoisotopic (exact) mass is 417 g/mol. The Morgan fingerprint density at radius 3 is 2.55 bits per heavy atom. The van der Waals surface area contributed by atoms with Crippen molar-refractivity contribution in [2.45, 2.75) is 12.5 Å². The van der Waals surface area contributed by atoms with Gasteiger partial charge in [-0.25, -0.2) is 0 Å². The van der Waals surface area contributed by atoms with Crippen LogP contribution in [0.2, 0.25) is 0 Å². The number of aliphatic hydroxyl groups is 1. The smallest absolute Gasteiger partial charge is 0.0916 e. The predicted molar refractivity (Wildman–Crippen MR) is 92.3 cm³/mol. The molecule has 0 spiro atoms. The zero-order chi connectivity index (χ0) is 14.5. The molecule has 0 amide bonds. The molecule has 20 heavy (non-hydrogen) atoms. The van der Waals surface area contributed by atoms with E-state index in [1.807, 2.05) is 37.4 Å². The summed E-state index contributed by atoms with van der Waals surface area (Å²) in [7, 11) is 2.04. The summed E-state index contributed by atoms with van der Waals surface area (Å²) in [5, 5.41) is 10.2. The lowest BCUT2D eigenvalue weighted by Crippen LogP contribution is -2.26. The molecule has 2 aromatic rings. The molecule has 5 heteroatoms. The van der Waals surface area contributed by atoms with Gasteiger partial charge in [0.1, 0.15) is 0 Å². The molecular weight excluding hydrogens is 402 g/mol. The SMILES string of the molecule is CN(CCc1cc(Br)sc1Br)CC(O)c1ccccc1. The highest BCUT2D eigenvalue weighted by Gasteiger charge is 2.11. The second-order valence-electron chi connectivity index (χ2n) is 4.79. The molecule has 0 aliphatic rings. The van der Waals surface area contributed by atoms with Crippen molar-refractivity contribution < 1.29 is 5.11 Å². The van der Waals surface area contributed by atoms with E-state index < -0.39 is 6.10 Å². The molecule has 0 bridgehead atoms. The summed E-state index contributed by atoms with van der Waals surface area (Å²) in [5.41, 5.74) is 2.28. The van der Waals surface area contributed by atoms with Gasteiger partial charge in [0.2, 0.25) is 0 Å². The van der Waals surface area contributed by atoms with Crippen LogP contribution in [0, 0.1) is 0 Å². The van der Waals surface area contributed by atoms with Gasteiger partial charge in [-0.15, -0.1) is 11.3 Å². The molecule has 2 nitrogen and oxygen atoms in total. The van der Waals surface area contributed by atoms with Crippen LogP contribution in [0.5, 0.6) is 0 Å². The van der Waals surface area contributed by atoms with E-state index in [2.05, 4.69) is 42.8 Å². The standard InChI is InChI=1S/C15H17Br2NOS/c1-18(8-7-12-9-14(16)20-15(12)17)10-13(19)11-5-3-2-4-6-11/h2-6,9,13,19H,7-8,10H2,1H3. The minimum absolute atomic E-state index is 0.432. The Labute approximate surface area is 140 Å². The van der Waals surface area contributed by atoms with E-state index in [-0.39, 0.29) is 0 Å². The average molecular weight is 419 g/mol. The Hall–Kier alpha value is -0.200. The van der Waals surface area contributed by atoms with Crippen molar-refractivity contribution in [2.24, 2.45) is 0 Å². The van der Waals surface area contributed by atoms with Gasteiger partial charge in [0, 0.05) is 13.1 Å². The van der Waals surface area contributed by atoms with Crippen molar-refractivity contribution in [1.82, 2.24) is 4.90 Å². The Morgan fingerprint density at radius 1 is 1.25 bits per heavy atom. The van der Waals surface area contributed by atoms with E-state index in [1.54, 1.807) is 11.3 Å². The molecule has 1 heterocycles. The van der Waals surface area contributed by atoms with E-state index in [0.29, 0.717) is 6.54 Å². The lowest BCUT2D eigenvalue weighted by atomic mass is 10.1. The van der Waals surface area contributed by atoms with Crippen molar-refractivity contribution in [1.29, 1.82) is 0 Å². The van der Waals surface area contributed by atoms with Crippen LogP contribution in [0.25, 0.3) is 0 Å². The third-order valence-electron chi connectivity index (χ3n) is 3.16. The summed E-state index contributed by atoms with van der Waals surface area (Å²) in [4.78, 5) is 2.16. The van der Waals surface area contributed by atoms with Crippen LogP contribution in [0.15, 0.2) is 44.0 Å². The zero-order valence-electron chi connectivity index (χ0n) is 11.2. The van der Waals surface area contributed by atoms with E-state index >= 15 is 0 Å². The topological polar surface area (TPSA) is 23.5 Å². The van der Waals surface area contributed by atoms with E-state index in [9.17, 15) is 5.11 Å². The van der Waals surface area contributed by atoms with Gasteiger partial charge < -0.3 is 10.0 Å². The molecule has 108 valence electrons. The molecule has 2 rings (SSSR count). The largest absolute Gasteiger partial charge is 0.387 e. The van der Waals surface area contributed by atoms with Crippen LogP contribution < -0.4 is 0 Å². The molecule has 0 radical (unpaired) electrons. The van der Waals surface area contributed by atoms with Crippen LogP contribution in [-0.2, 0) is 6.42 Å². The van der Waals surface area contributed by atoms with Gasteiger partial charge in [0.05, 0.1) is 13.7 Å². The normalized spacial score (nSPS) is 12.8. The fourth-order valence-electron chi connectivity index (χ4n) is 2.02. The second kappa shape index (κ2) is 7.71. The molecule has 0 fully saturated rings. The summed E-state index contributed by atoms with van der Waals surface area (Å²) in [6, 6.07) is 12.0. The highest BCUT2D eigenvalue weighted by atomic mass is 79.9. The highest BCUT2D eigenvalue weighted by molar-refractivity contribution is 9.12. The molecular formula is C15H17Br2NOS. The van der Waals surface area contributed by atoms with Crippen LogP contribution in [0.3, 0.4) is 0 Å². The first kappa shape index (κ1) is 16.2. The number of halogens is 2. The third kappa shape index (κ3) is 4.67. The average Bonchev–Trinajstić information content (AvgIpc) is 2.75. The fourth-order valence-corrected chi connectivity index (χ4v) is 4.94. The number of nitrogens with zero attached hydrogens (tertiary/aromatic N) is 1. The zero-order valence-corrected chi connectivity index (χ0v) is 15.2. The summed E-state index contributed by atoms with van der Waals surface area (Å²) in [6.07, 6.45) is 0.541. The lowest BCUT2D eigenvalue weighted by molar-refractivity contribution is 0.127. The number of hydrogen-bond acceptors (Lipinski definition) is 3. The second-order valence-corrected chi connectivity index (χ2v) is 8.54. The number of likely N-dealkylation sites (N-methyl/N-ethyl adjacent to an activating group) is 1. The maximum absolute atomic E-state index is 10.2. The van der Waals surface area contributed by atoms with Crippen molar-refractivity contribution in [3.63, 3.8) is 0 Å². The van der Waals surface area contributed by atoms with Crippen molar-refractivity contribution >= 4 is 43.2 Å². The van der Waals surface area contributed by atoms with Gasteiger partial charge in [-0.3, -0.25) is 0 Å². The Balaban J connectivity index is 1.83. The van der Waals surface area contributed by atoms with E-state index in [1.165, 1.54) is 9.35 Å². The maximum Gasteiger partial charge on any atom is 0.0916 e. The van der Waals surface area contributed by atoms with Gasteiger partial charge >= 0.3 is 0 Å². The van der Waals surface area contributed by atoms with Crippen molar-refractivity contribution in [3.05, 3.63) is 55.1 Å². The summed E-state index contributed by atoms with van der Waals surface area (Å²) < 4.78 is 2.33. The molecule has 1 atom stereocenters. The molecule has 0 aliphatic carbocycles. The Kier molecular flexibility index (Phi) is 6.23. The number of aliphatic hydroxyl groups excluding tert-OH is 1. The van der Waals surface area contributed by atoms with Crippen LogP contribution in [-0.4, -0.2) is 30.1 Å². The number of hydrogen-bond donors (Lipinski definition) is 1. The first-order valence-electron chi connectivity index (χ1n) is 6.41. The molecule has 0 aliphatic heterocycles. The number of thiophene rings is 1. The van der Waals surface area contributed by atoms with Gasteiger partial charge in [-0.1, -0.05) is 30.3 Å². The number of benzene rings is 1. The maximum atomic E-state index is 10.2. The molecule has 1 aromatic heterocycles.